The van der Waals surface area contributed by atoms with E-state index in [1.54, 1.807) is 6.07 Å². The third-order valence-corrected chi connectivity index (χ3v) is 2.00. The molecule has 2 rings (SSSR count). The van der Waals surface area contributed by atoms with Gasteiger partial charge in [-0.1, -0.05) is 36.4 Å². The van der Waals surface area contributed by atoms with E-state index in [4.69, 9.17) is 4.74 Å². The number of rotatable bonds is 1. The van der Waals surface area contributed by atoms with Crippen molar-refractivity contribution in [1.29, 1.82) is 0 Å². The summed E-state index contributed by atoms with van der Waals surface area (Å²) in [5, 5.41) is 2.04. The smallest absolute Gasteiger partial charge is 0.308 e. The van der Waals surface area contributed by atoms with Crippen LogP contribution in [0, 0.1) is 0 Å². The van der Waals surface area contributed by atoms with Gasteiger partial charge in [-0.25, -0.2) is 0 Å². The van der Waals surface area contributed by atoms with Gasteiger partial charge >= 0.3 is 5.97 Å². The number of ether oxygens (including phenoxy) is 1. The molecule has 2 aromatic carbocycles. The number of hydrogen-bond donors (Lipinski definition) is 0. The Bertz CT molecular complexity index is 475. The van der Waals surface area contributed by atoms with Crippen LogP contribution in [0.3, 0.4) is 0 Å². The van der Waals surface area contributed by atoms with E-state index in [1.807, 2.05) is 36.4 Å². The van der Waals surface area contributed by atoms with Crippen LogP contribution in [-0.2, 0) is 4.79 Å². The zero-order chi connectivity index (χ0) is 9.97. The Morgan fingerprint density at radius 2 is 1.73 bits per heavy atom. The summed E-state index contributed by atoms with van der Waals surface area (Å²) >= 11 is 0. The zero-order valence-electron chi connectivity index (χ0n) is 8.86. The van der Waals surface area contributed by atoms with E-state index in [1.165, 1.54) is 6.92 Å². The standard InChI is InChI=1S/C12H10O2.Na/c1-9(13)14-12-8-4-6-10-5-2-3-7-11(10)12;/h2-8H,1H3;. The van der Waals surface area contributed by atoms with Crippen molar-refractivity contribution in [2.45, 2.75) is 6.92 Å². The molecule has 0 aliphatic heterocycles. The second-order valence-electron chi connectivity index (χ2n) is 3.07. The van der Waals surface area contributed by atoms with Gasteiger partial charge in [0.25, 0.3) is 0 Å². The molecule has 1 radical (unpaired) electrons. The number of carbonyl (C=O) groups excluding carboxylic acids is 1. The minimum Gasteiger partial charge on any atom is -0.426 e. The number of esters is 1. The molecule has 0 amide bonds. The maximum atomic E-state index is 10.8. The monoisotopic (exact) mass is 209 g/mol. The number of fused-ring (bicyclic) bond motifs is 1. The molecule has 0 fully saturated rings. The molecule has 0 N–H and O–H groups in total. The molecule has 2 aromatic rings. The van der Waals surface area contributed by atoms with Crippen molar-refractivity contribution >= 4 is 46.3 Å². The maximum Gasteiger partial charge on any atom is 0.308 e. The predicted octanol–water partition coefficient (Wildman–Crippen LogP) is 2.38. The summed E-state index contributed by atoms with van der Waals surface area (Å²) in [5.41, 5.74) is 0. The fraction of sp³-hybridized carbons (Fsp3) is 0.0833. The Kier molecular flexibility index (Phi) is 4.33. The summed E-state index contributed by atoms with van der Waals surface area (Å²) in [7, 11) is 0. The van der Waals surface area contributed by atoms with Crippen molar-refractivity contribution in [2.75, 3.05) is 0 Å². The quantitative estimate of drug-likeness (QED) is 0.409. The number of benzene rings is 2. The van der Waals surface area contributed by atoms with Crippen LogP contribution in [0.15, 0.2) is 42.5 Å². The Morgan fingerprint density at radius 3 is 2.47 bits per heavy atom. The molecule has 3 heteroatoms. The third-order valence-electron chi connectivity index (χ3n) is 2.00. The van der Waals surface area contributed by atoms with Crippen LogP contribution >= 0.6 is 0 Å². The van der Waals surface area contributed by atoms with Gasteiger partial charge in [0.2, 0.25) is 0 Å². The van der Waals surface area contributed by atoms with Gasteiger partial charge in [-0.3, -0.25) is 4.79 Å². The van der Waals surface area contributed by atoms with Gasteiger partial charge in [-0.2, -0.15) is 0 Å². The first-order chi connectivity index (χ1) is 6.77. The fourth-order valence-electron chi connectivity index (χ4n) is 1.44. The molecular weight excluding hydrogens is 199 g/mol. The van der Waals surface area contributed by atoms with Crippen molar-refractivity contribution in [1.82, 2.24) is 0 Å². The van der Waals surface area contributed by atoms with Gasteiger partial charge in [-0.05, 0) is 11.5 Å². The van der Waals surface area contributed by atoms with Crippen LogP contribution in [0.25, 0.3) is 10.8 Å². The van der Waals surface area contributed by atoms with E-state index in [2.05, 4.69) is 0 Å². The minimum atomic E-state index is -0.290. The second-order valence-corrected chi connectivity index (χ2v) is 3.07. The first-order valence-electron chi connectivity index (χ1n) is 4.43. The van der Waals surface area contributed by atoms with Crippen molar-refractivity contribution in [3.63, 3.8) is 0 Å². The molecule has 0 aliphatic carbocycles. The van der Waals surface area contributed by atoms with E-state index < -0.39 is 0 Å². The van der Waals surface area contributed by atoms with Gasteiger partial charge < -0.3 is 4.74 Å². The predicted molar refractivity (Wildman–Crippen MR) is 61.0 cm³/mol. The first kappa shape index (κ1) is 12.2. The van der Waals surface area contributed by atoms with Crippen molar-refractivity contribution in [3.8, 4) is 5.75 Å². The van der Waals surface area contributed by atoms with Crippen LogP contribution in [0.1, 0.15) is 6.92 Å². The van der Waals surface area contributed by atoms with Gasteiger partial charge in [0.15, 0.2) is 0 Å². The van der Waals surface area contributed by atoms with E-state index in [0.29, 0.717) is 5.75 Å². The van der Waals surface area contributed by atoms with Gasteiger partial charge in [0, 0.05) is 41.9 Å². The minimum absolute atomic E-state index is 0. The molecule has 0 aromatic heterocycles. The first-order valence-corrected chi connectivity index (χ1v) is 4.43. The molecule has 0 saturated carbocycles. The Balaban J connectivity index is 0.00000112. The zero-order valence-corrected chi connectivity index (χ0v) is 10.9. The normalized spacial score (nSPS) is 9.40. The van der Waals surface area contributed by atoms with Crippen LogP contribution in [0.5, 0.6) is 5.75 Å². The van der Waals surface area contributed by atoms with Gasteiger partial charge in [0.1, 0.15) is 5.75 Å². The van der Waals surface area contributed by atoms with Gasteiger partial charge in [-0.15, -0.1) is 0 Å². The molecule has 0 heterocycles. The molecule has 2 nitrogen and oxygen atoms in total. The molecule has 0 unspecified atom stereocenters. The van der Waals surface area contributed by atoms with Crippen molar-refractivity contribution in [3.05, 3.63) is 42.5 Å². The van der Waals surface area contributed by atoms with Crippen LogP contribution in [-0.4, -0.2) is 35.5 Å². The third kappa shape index (κ3) is 2.81. The van der Waals surface area contributed by atoms with Crippen LogP contribution < -0.4 is 4.74 Å². The van der Waals surface area contributed by atoms with E-state index in [-0.39, 0.29) is 35.5 Å². The Morgan fingerprint density at radius 1 is 1.07 bits per heavy atom. The number of carbonyl (C=O) groups is 1. The average molecular weight is 209 g/mol. The molecule has 0 saturated heterocycles. The molecule has 71 valence electrons. The van der Waals surface area contributed by atoms with Crippen LogP contribution in [0.2, 0.25) is 0 Å². The molecule has 0 spiro atoms. The molecule has 0 aliphatic rings. The summed E-state index contributed by atoms with van der Waals surface area (Å²) < 4.78 is 5.09. The number of hydrogen-bond acceptors (Lipinski definition) is 2. The van der Waals surface area contributed by atoms with Gasteiger partial charge in [0.05, 0.1) is 0 Å². The van der Waals surface area contributed by atoms with Crippen molar-refractivity contribution in [2.24, 2.45) is 0 Å². The maximum absolute atomic E-state index is 10.8. The van der Waals surface area contributed by atoms with Crippen molar-refractivity contribution < 1.29 is 9.53 Å². The summed E-state index contributed by atoms with van der Waals surface area (Å²) in [6.45, 7) is 1.40. The second kappa shape index (κ2) is 5.31. The molecule has 0 atom stereocenters. The van der Waals surface area contributed by atoms with Crippen LogP contribution in [0.4, 0.5) is 0 Å². The summed E-state index contributed by atoms with van der Waals surface area (Å²) in [6.07, 6.45) is 0. The molecule has 0 bridgehead atoms. The fourth-order valence-corrected chi connectivity index (χ4v) is 1.44. The van der Waals surface area contributed by atoms with E-state index >= 15 is 0 Å². The van der Waals surface area contributed by atoms with E-state index in [0.717, 1.165) is 10.8 Å². The molecule has 15 heavy (non-hydrogen) atoms. The SMILES string of the molecule is CC(=O)Oc1cccc2ccccc12.[Na]. The summed E-state index contributed by atoms with van der Waals surface area (Å²) in [6, 6.07) is 13.5. The summed E-state index contributed by atoms with van der Waals surface area (Å²) in [4.78, 5) is 10.8. The summed E-state index contributed by atoms with van der Waals surface area (Å²) in [5.74, 6) is 0.331. The van der Waals surface area contributed by atoms with E-state index in [9.17, 15) is 4.79 Å². The molecular formula is C12H10NaO2. The largest absolute Gasteiger partial charge is 0.426 e. The average Bonchev–Trinajstić information content (AvgIpc) is 2.18. The topological polar surface area (TPSA) is 26.3 Å². The Hall–Kier alpha value is -0.830. The Labute approximate surface area is 111 Å².